The van der Waals surface area contributed by atoms with Crippen LogP contribution in [0.4, 0.5) is 0 Å². The molecule has 2 saturated heterocycles. The normalized spacial score (nSPS) is 52.8. The van der Waals surface area contributed by atoms with E-state index < -0.39 is 0 Å². The van der Waals surface area contributed by atoms with Crippen LogP contribution in [-0.2, 0) is 0 Å². The van der Waals surface area contributed by atoms with Crippen LogP contribution in [0.25, 0.3) is 0 Å². The highest BCUT2D eigenvalue weighted by molar-refractivity contribution is 5.07. The Balaban J connectivity index is 1.95. The molecule has 3 aliphatic rings. The molecular formula is C11H19N. The summed E-state index contributed by atoms with van der Waals surface area (Å²) in [5.41, 5.74) is 0.629. The highest BCUT2D eigenvalue weighted by atomic mass is 15.3. The molecular weight excluding hydrogens is 146 g/mol. The van der Waals surface area contributed by atoms with Gasteiger partial charge in [-0.05, 0) is 51.5 Å². The largest absolute Gasteiger partial charge is 0.295 e. The van der Waals surface area contributed by atoms with E-state index in [0.29, 0.717) is 5.54 Å². The smallest absolute Gasteiger partial charge is 0.0187 e. The Kier molecular flexibility index (Phi) is 1.39. The highest BCUT2D eigenvalue weighted by Crippen LogP contribution is 2.50. The van der Waals surface area contributed by atoms with Gasteiger partial charge in [0.1, 0.15) is 0 Å². The molecule has 2 heterocycles. The molecule has 0 aromatic rings. The topological polar surface area (TPSA) is 3.24 Å². The zero-order valence-corrected chi connectivity index (χ0v) is 8.05. The monoisotopic (exact) mass is 165 g/mol. The summed E-state index contributed by atoms with van der Waals surface area (Å²) in [6.45, 7) is 3.90. The quantitative estimate of drug-likeness (QED) is 0.533. The van der Waals surface area contributed by atoms with E-state index in [2.05, 4.69) is 11.8 Å². The van der Waals surface area contributed by atoms with Gasteiger partial charge >= 0.3 is 0 Å². The molecule has 2 aliphatic heterocycles. The van der Waals surface area contributed by atoms with E-state index in [1.165, 1.54) is 45.1 Å². The Labute approximate surface area is 75.1 Å². The van der Waals surface area contributed by atoms with Gasteiger partial charge in [0.15, 0.2) is 0 Å². The van der Waals surface area contributed by atoms with E-state index in [9.17, 15) is 0 Å². The number of nitrogens with zero attached hydrogens (tertiary/aromatic N) is 1. The van der Waals surface area contributed by atoms with Crippen molar-refractivity contribution in [3.8, 4) is 0 Å². The molecule has 0 radical (unpaired) electrons. The second-order valence-electron chi connectivity index (χ2n) is 5.26. The Bertz CT molecular complexity index is 201. The Morgan fingerprint density at radius 2 is 2.17 bits per heavy atom. The van der Waals surface area contributed by atoms with Crippen molar-refractivity contribution in [1.82, 2.24) is 4.90 Å². The van der Waals surface area contributed by atoms with Crippen molar-refractivity contribution in [2.75, 3.05) is 6.54 Å². The third-order valence-electron chi connectivity index (χ3n) is 4.53. The lowest BCUT2D eigenvalue weighted by Gasteiger charge is -2.35. The van der Waals surface area contributed by atoms with Gasteiger partial charge in [-0.3, -0.25) is 4.90 Å². The summed E-state index contributed by atoms with van der Waals surface area (Å²) in [6, 6.07) is 0.998. The molecule has 0 spiro atoms. The summed E-state index contributed by atoms with van der Waals surface area (Å²) in [7, 11) is 0. The molecule has 0 aromatic heterocycles. The summed E-state index contributed by atoms with van der Waals surface area (Å²) >= 11 is 0. The van der Waals surface area contributed by atoms with Gasteiger partial charge in [0.05, 0.1) is 0 Å². The van der Waals surface area contributed by atoms with Gasteiger partial charge in [-0.2, -0.15) is 0 Å². The van der Waals surface area contributed by atoms with Gasteiger partial charge in [-0.1, -0.05) is 6.42 Å². The summed E-state index contributed by atoms with van der Waals surface area (Å²) in [6.07, 6.45) is 8.97. The average molecular weight is 165 g/mol. The first-order valence-corrected chi connectivity index (χ1v) is 5.56. The fourth-order valence-electron chi connectivity index (χ4n) is 4.06. The standard InChI is InChI=1S/C11H19N/c1-11-6-2-4-9(8-11)10-5-3-7-12(10)11/h9-10H,2-8H2,1H3. The molecule has 3 rings (SSSR count). The maximum Gasteiger partial charge on any atom is 0.0187 e. The molecule has 1 heteroatoms. The van der Waals surface area contributed by atoms with Crippen LogP contribution in [0.2, 0.25) is 0 Å². The molecule has 0 aromatic carbocycles. The molecule has 68 valence electrons. The molecule has 1 saturated carbocycles. The Morgan fingerprint density at radius 3 is 3.08 bits per heavy atom. The first-order chi connectivity index (χ1) is 5.80. The summed E-state index contributed by atoms with van der Waals surface area (Å²) in [5, 5.41) is 0. The van der Waals surface area contributed by atoms with Crippen molar-refractivity contribution >= 4 is 0 Å². The second kappa shape index (κ2) is 2.25. The molecule has 1 nitrogen and oxygen atoms in total. The van der Waals surface area contributed by atoms with E-state index in [1.807, 2.05) is 0 Å². The van der Waals surface area contributed by atoms with Crippen molar-refractivity contribution in [3.05, 3.63) is 0 Å². The van der Waals surface area contributed by atoms with E-state index in [-0.39, 0.29) is 0 Å². The van der Waals surface area contributed by atoms with Crippen LogP contribution in [0, 0.1) is 5.92 Å². The molecule has 2 bridgehead atoms. The third-order valence-corrected chi connectivity index (χ3v) is 4.53. The SMILES string of the molecule is CC12CCCC(C1)C1CCCN12. The van der Waals surface area contributed by atoms with Crippen molar-refractivity contribution < 1.29 is 0 Å². The minimum atomic E-state index is 0.629. The number of hydrogen-bond donors (Lipinski definition) is 0. The van der Waals surface area contributed by atoms with Gasteiger partial charge < -0.3 is 0 Å². The van der Waals surface area contributed by atoms with Crippen LogP contribution in [0.3, 0.4) is 0 Å². The van der Waals surface area contributed by atoms with Crippen LogP contribution in [0.15, 0.2) is 0 Å². The van der Waals surface area contributed by atoms with Gasteiger partial charge in [-0.25, -0.2) is 0 Å². The molecule has 3 fully saturated rings. The van der Waals surface area contributed by atoms with Crippen LogP contribution >= 0.6 is 0 Å². The van der Waals surface area contributed by atoms with E-state index in [1.54, 1.807) is 0 Å². The molecule has 3 unspecified atom stereocenters. The van der Waals surface area contributed by atoms with Crippen molar-refractivity contribution in [2.24, 2.45) is 5.92 Å². The molecule has 1 aliphatic carbocycles. The van der Waals surface area contributed by atoms with Gasteiger partial charge in [-0.15, -0.1) is 0 Å². The lowest BCUT2D eigenvalue weighted by atomic mass is 9.79. The lowest BCUT2D eigenvalue weighted by molar-refractivity contribution is 0.141. The van der Waals surface area contributed by atoms with Crippen LogP contribution in [0.5, 0.6) is 0 Å². The second-order valence-corrected chi connectivity index (χ2v) is 5.26. The summed E-state index contributed by atoms with van der Waals surface area (Å²) in [4.78, 5) is 2.84. The Morgan fingerprint density at radius 1 is 1.25 bits per heavy atom. The van der Waals surface area contributed by atoms with Crippen LogP contribution < -0.4 is 0 Å². The first kappa shape index (κ1) is 7.37. The maximum atomic E-state index is 2.84. The van der Waals surface area contributed by atoms with E-state index >= 15 is 0 Å². The third kappa shape index (κ3) is 0.783. The van der Waals surface area contributed by atoms with Crippen LogP contribution in [0.1, 0.15) is 45.4 Å². The predicted molar refractivity (Wildman–Crippen MR) is 50.1 cm³/mol. The van der Waals surface area contributed by atoms with Crippen LogP contribution in [-0.4, -0.2) is 23.0 Å². The lowest BCUT2D eigenvalue weighted by Crippen LogP contribution is -2.41. The Hall–Kier alpha value is -0.0400. The summed E-state index contributed by atoms with van der Waals surface area (Å²) in [5.74, 6) is 1.08. The zero-order chi connectivity index (χ0) is 8.18. The van der Waals surface area contributed by atoms with Gasteiger partial charge in [0, 0.05) is 11.6 Å². The van der Waals surface area contributed by atoms with Crippen molar-refractivity contribution in [2.45, 2.75) is 57.0 Å². The van der Waals surface area contributed by atoms with Gasteiger partial charge in [0.25, 0.3) is 0 Å². The molecule has 3 atom stereocenters. The van der Waals surface area contributed by atoms with Crippen molar-refractivity contribution in [1.29, 1.82) is 0 Å². The fourth-order valence-corrected chi connectivity index (χ4v) is 4.06. The van der Waals surface area contributed by atoms with E-state index in [4.69, 9.17) is 0 Å². The minimum absolute atomic E-state index is 0.629. The number of fused-ring (bicyclic) bond motifs is 5. The molecule has 0 amide bonds. The highest BCUT2D eigenvalue weighted by Gasteiger charge is 2.51. The number of rotatable bonds is 0. The van der Waals surface area contributed by atoms with Crippen molar-refractivity contribution in [3.63, 3.8) is 0 Å². The average Bonchev–Trinajstić information content (AvgIpc) is 2.57. The molecule has 0 N–H and O–H groups in total. The fraction of sp³-hybridized carbons (Fsp3) is 1.00. The number of hydrogen-bond acceptors (Lipinski definition) is 1. The minimum Gasteiger partial charge on any atom is -0.295 e. The van der Waals surface area contributed by atoms with E-state index in [0.717, 1.165) is 12.0 Å². The molecule has 12 heavy (non-hydrogen) atoms. The first-order valence-electron chi connectivity index (χ1n) is 5.56. The zero-order valence-electron chi connectivity index (χ0n) is 8.05. The predicted octanol–water partition coefficient (Wildman–Crippen LogP) is 2.41. The maximum absolute atomic E-state index is 2.84. The van der Waals surface area contributed by atoms with Gasteiger partial charge in [0.2, 0.25) is 0 Å². The summed E-state index contributed by atoms with van der Waals surface area (Å²) < 4.78 is 0.